The van der Waals surface area contributed by atoms with Crippen LogP contribution < -0.4 is 24.2 Å². The molecule has 3 aromatic carbocycles. The predicted molar refractivity (Wildman–Crippen MR) is 137 cm³/mol. The van der Waals surface area contributed by atoms with Gasteiger partial charge in [0, 0.05) is 27.4 Å². The van der Waals surface area contributed by atoms with Gasteiger partial charge in [-0.25, -0.2) is 8.42 Å². The van der Waals surface area contributed by atoms with Gasteiger partial charge >= 0.3 is 0 Å². The lowest BCUT2D eigenvalue weighted by Gasteiger charge is -2.14. The zero-order valence-corrected chi connectivity index (χ0v) is 21.3. The summed E-state index contributed by atoms with van der Waals surface area (Å²) in [5.41, 5.74) is 1.24. The third-order valence-electron chi connectivity index (χ3n) is 4.70. The molecule has 0 bridgehead atoms. The number of halogens is 2. The van der Waals surface area contributed by atoms with Gasteiger partial charge in [-0.05, 0) is 60.7 Å². The van der Waals surface area contributed by atoms with E-state index in [1.54, 1.807) is 18.2 Å². The molecule has 0 radical (unpaired) electrons. The molecule has 3 rings (SSSR count). The van der Waals surface area contributed by atoms with Crippen LogP contribution in [0.1, 0.15) is 5.56 Å². The Kier molecular flexibility index (Phi) is 8.50. The number of hydrogen-bond acceptors (Lipinski definition) is 6. The van der Waals surface area contributed by atoms with Gasteiger partial charge in [0.2, 0.25) is 11.7 Å². The van der Waals surface area contributed by atoms with Gasteiger partial charge < -0.3 is 19.5 Å². The second-order valence-corrected chi connectivity index (χ2v) is 9.59. The van der Waals surface area contributed by atoms with Gasteiger partial charge in [-0.2, -0.15) is 0 Å². The number of hydrogen-bond donors (Lipinski definition) is 2. The molecule has 0 aliphatic rings. The van der Waals surface area contributed by atoms with Gasteiger partial charge in [0.25, 0.3) is 10.0 Å². The molecule has 0 aromatic heterocycles. The van der Waals surface area contributed by atoms with Crippen LogP contribution in [-0.2, 0) is 14.8 Å². The van der Waals surface area contributed by atoms with Crippen molar-refractivity contribution in [1.82, 2.24) is 0 Å². The predicted octanol–water partition coefficient (Wildman–Crippen LogP) is 5.47. The van der Waals surface area contributed by atoms with E-state index in [0.29, 0.717) is 38.5 Å². The Morgan fingerprint density at radius 2 is 1.46 bits per heavy atom. The fourth-order valence-corrected chi connectivity index (χ4v) is 4.72. The van der Waals surface area contributed by atoms with Crippen LogP contribution in [0.25, 0.3) is 6.08 Å². The monoisotopic (exact) mass is 536 g/mol. The van der Waals surface area contributed by atoms with Gasteiger partial charge in [-0.3, -0.25) is 9.52 Å². The number of nitrogens with one attached hydrogen (secondary N) is 2. The van der Waals surface area contributed by atoms with Crippen molar-refractivity contribution in [2.45, 2.75) is 4.90 Å². The molecule has 3 aromatic rings. The Morgan fingerprint density at radius 3 is 2.03 bits per heavy atom. The third kappa shape index (κ3) is 6.60. The average molecular weight is 537 g/mol. The number of rotatable bonds is 9. The van der Waals surface area contributed by atoms with Crippen molar-refractivity contribution >= 4 is 56.6 Å². The largest absolute Gasteiger partial charge is 0.493 e. The molecule has 11 heteroatoms. The van der Waals surface area contributed by atoms with E-state index in [-0.39, 0.29) is 10.6 Å². The fraction of sp³-hybridized carbons (Fsp3) is 0.125. The van der Waals surface area contributed by atoms with Crippen LogP contribution in [0.15, 0.2) is 65.6 Å². The zero-order chi connectivity index (χ0) is 25.6. The normalized spacial score (nSPS) is 11.2. The second kappa shape index (κ2) is 11.4. The maximum atomic E-state index is 12.6. The summed E-state index contributed by atoms with van der Waals surface area (Å²) in [7, 11) is 0.602. The van der Waals surface area contributed by atoms with E-state index in [1.807, 2.05) is 0 Å². The van der Waals surface area contributed by atoms with Crippen LogP contribution in [0.5, 0.6) is 17.2 Å². The van der Waals surface area contributed by atoms with Crippen LogP contribution in [0.3, 0.4) is 0 Å². The average Bonchev–Trinajstić information content (AvgIpc) is 2.81. The smallest absolute Gasteiger partial charge is 0.261 e. The summed E-state index contributed by atoms with van der Waals surface area (Å²) >= 11 is 11.8. The summed E-state index contributed by atoms with van der Waals surface area (Å²) in [6.07, 6.45) is 2.88. The Bertz CT molecular complexity index is 1340. The highest BCUT2D eigenvalue weighted by Crippen LogP contribution is 2.40. The number of ether oxygens (including phenoxy) is 3. The molecule has 184 valence electrons. The van der Waals surface area contributed by atoms with Crippen LogP contribution in [-0.4, -0.2) is 35.7 Å². The van der Waals surface area contributed by atoms with E-state index < -0.39 is 15.9 Å². The molecule has 1 amide bonds. The second-order valence-electron chi connectivity index (χ2n) is 7.03. The third-order valence-corrected chi connectivity index (χ3v) is 6.53. The van der Waals surface area contributed by atoms with Crippen molar-refractivity contribution in [2.75, 3.05) is 31.4 Å². The number of carbonyl (C=O) groups excluding carboxylic acids is 1. The summed E-state index contributed by atoms with van der Waals surface area (Å²) in [6.45, 7) is 0. The standard InChI is InChI=1S/C24H22Cl2N2O6S/c1-32-21-10-4-15(23(33-2)24(21)34-3)5-11-22(29)27-18-6-8-20(9-7-18)35(30,31)28-19-13-16(25)12-17(26)14-19/h4-14,28H,1-3H3,(H,27,29)/b11-5+. The summed E-state index contributed by atoms with van der Waals surface area (Å²) in [5, 5.41) is 3.27. The summed E-state index contributed by atoms with van der Waals surface area (Å²) in [4.78, 5) is 12.4. The van der Waals surface area contributed by atoms with E-state index in [0.717, 1.165) is 0 Å². The maximum Gasteiger partial charge on any atom is 0.261 e. The molecule has 2 N–H and O–H groups in total. The van der Waals surface area contributed by atoms with Gasteiger partial charge in [0.1, 0.15) is 0 Å². The van der Waals surface area contributed by atoms with E-state index in [9.17, 15) is 13.2 Å². The van der Waals surface area contributed by atoms with E-state index in [4.69, 9.17) is 37.4 Å². The summed E-state index contributed by atoms with van der Waals surface area (Å²) in [5.74, 6) is 0.889. The van der Waals surface area contributed by atoms with Crippen molar-refractivity contribution in [3.8, 4) is 17.2 Å². The van der Waals surface area contributed by atoms with Gasteiger partial charge in [0.15, 0.2) is 11.5 Å². The summed E-state index contributed by atoms with van der Waals surface area (Å²) < 4.78 is 43.7. The molecule has 0 aliphatic heterocycles. The molecule has 0 heterocycles. The molecule has 35 heavy (non-hydrogen) atoms. The van der Waals surface area contributed by atoms with Crippen molar-refractivity contribution < 1.29 is 27.4 Å². The highest BCUT2D eigenvalue weighted by atomic mass is 35.5. The molecule has 0 spiro atoms. The van der Waals surface area contributed by atoms with Crippen molar-refractivity contribution in [2.24, 2.45) is 0 Å². The van der Waals surface area contributed by atoms with Gasteiger partial charge in [-0.1, -0.05) is 23.2 Å². The molecular weight excluding hydrogens is 515 g/mol. The van der Waals surface area contributed by atoms with Crippen molar-refractivity contribution in [3.05, 3.63) is 76.3 Å². The first-order valence-electron chi connectivity index (χ1n) is 10.0. The molecule has 8 nitrogen and oxygen atoms in total. The molecule has 0 atom stereocenters. The Morgan fingerprint density at radius 1 is 0.829 bits per heavy atom. The maximum absolute atomic E-state index is 12.6. The van der Waals surface area contributed by atoms with E-state index >= 15 is 0 Å². The minimum atomic E-state index is -3.89. The number of anilines is 2. The minimum Gasteiger partial charge on any atom is -0.493 e. The first-order chi connectivity index (χ1) is 16.7. The van der Waals surface area contributed by atoms with Crippen LogP contribution in [0.2, 0.25) is 10.0 Å². The number of carbonyl (C=O) groups is 1. The van der Waals surface area contributed by atoms with Crippen LogP contribution >= 0.6 is 23.2 Å². The molecular formula is C24H22Cl2N2O6S. The zero-order valence-electron chi connectivity index (χ0n) is 19.0. The highest BCUT2D eigenvalue weighted by Gasteiger charge is 2.16. The lowest BCUT2D eigenvalue weighted by molar-refractivity contribution is -0.111. The van der Waals surface area contributed by atoms with Crippen LogP contribution in [0, 0.1) is 0 Å². The molecule has 0 fully saturated rings. The van der Waals surface area contributed by atoms with Crippen molar-refractivity contribution in [1.29, 1.82) is 0 Å². The topological polar surface area (TPSA) is 103 Å². The van der Waals surface area contributed by atoms with E-state index in [2.05, 4.69) is 10.0 Å². The highest BCUT2D eigenvalue weighted by molar-refractivity contribution is 7.92. The van der Waals surface area contributed by atoms with E-state index in [1.165, 1.54) is 69.9 Å². The number of amides is 1. The Hall–Kier alpha value is -3.40. The van der Waals surface area contributed by atoms with Gasteiger partial charge in [-0.15, -0.1) is 0 Å². The van der Waals surface area contributed by atoms with Gasteiger partial charge in [0.05, 0.1) is 31.9 Å². The first-order valence-corrected chi connectivity index (χ1v) is 12.3. The van der Waals surface area contributed by atoms with Crippen LogP contribution in [0.4, 0.5) is 11.4 Å². The quantitative estimate of drug-likeness (QED) is 0.351. The number of sulfonamides is 1. The minimum absolute atomic E-state index is 0.00259. The first kappa shape index (κ1) is 26.2. The Labute approximate surface area is 213 Å². The molecule has 0 unspecified atom stereocenters. The lowest BCUT2D eigenvalue weighted by atomic mass is 10.1. The SMILES string of the molecule is COc1ccc(/C=C/C(=O)Nc2ccc(S(=O)(=O)Nc3cc(Cl)cc(Cl)c3)cc2)c(OC)c1OC. The molecule has 0 saturated heterocycles. The molecule has 0 aliphatic carbocycles. The number of benzene rings is 3. The number of methoxy groups -OCH3 is 3. The van der Waals surface area contributed by atoms with Crippen molar-refractivity contribution in [3.63, 3.8) is 0 Å². The Balaban J connectivity index is 1.71. The lowest BCUT2D eigenvalue weighted by Crippen LogP contribution is -2.13. The summed E-state index contributed by atoms with van der Waals surface area (Å²) in [6, 6.07) is 13.5. The fourth-order valence-electron chi connectivity index (χ4n) is 3.15. The molecule has 0 saturated carbocycles.